The van der Waals surface area contributed by atoms with Gasteiger partial charge in [0.2, 0.25) is 11.2 Å². The van der Waals surface area contributed by atoms with Gasteiger partial charge in [-0.2, -0.15) is 0 Å². The molecule has 0 unspecified atom stereocenters. The van der Waals surface area contributed by atoms with E-state index in [9.17, 15) is 8.78 Å². The minimum atomic E-state index is -2.53. The SMILES string of the molecule is FC1(F)CCC(Nc2nc(Cl)nc3c2CCN(Cc2ccccc2)C3)CC1. The second-order valence-corrected chi connectivity index (χ2v) is 7.83. The maximum atomic E-state index is 13.4. The van der Waals surface area contributed by atoms with Crippen molar-refractivity contribution in [3.05, 3.63) is 52.4 Å². The molecule has 0 bridgehead atoms. The van der Waals surface area contributed by atoms with E-state index in [-0.39, 0.29) is 24.2 Å². The van der Waals surface area contributed by atoms with Gasteiger partial charge in [0.25, 0.3) is 0 Å². The highest BCUT2D eigenvalue weighted by molar-refractivity contribution is 6.28. The zero-order chi connectivity index (χ0) is 18.9. The molecule has 144 valence electrons. The van der Waals surface area contributed by atoms with Gasteiger partial charge in [0.05, 0.1) is 5.69 Å². The molecule has 1 saturated carbocycles. The minimum Gasteiger partial charge on any atom is -0.367 e. The molecule has 1 aromatic heterocycles. The normalized spacial score (nSPS) is 20.3. The monoisotopic (exact) mass is 392 g/mol. The summed E-state index contributed by atoms with van der Waals surface area (Å²) in [5.74, 6) is -1.81. The first-order chi connectivity index (χ1) is 13.0. The number of benzene rings is 1. The molecule has 1 fully saturated rings. The van der Waals surface area contributed by atoms with Crippen molar-refractivity contribution < 1.29 is 8.78 Å². The van der Waals surface area contributed by atoms with E-state index in [0.29, 0.717) is 19.4 Å². The number of aromatic nitrogens is 2. The molecule has 1 aliphatic heterocycles. The molecule has 2 aromatic rings. The third-order valence-corrected chi connectivity index (χ3v) is 5.59. The molecule has 0 saturated heterocycles. The fraction of sp³-hybridized carbons (Fsp3) is 0.500. The van der Waals surface area contributed by atoms with Crippen molar-refractivity contribution in [3.63, 3.8) is 0 Å². The van der Waals surface area contributed by atoms with E-state index in [0.717, 1.165) is 36.6 Å². The topological polar surface area (TPSA) is 41.1 Å². The highest BCUT2D eigenvalue weighted by atomic mass is 35.5. The average Bonchev–Trinajstić information content (AvgIpc) is 2.64. The van der Waals surface area contributed by atoms with E-state index in [1.165, 1.54) is 5.56 Å². The Morgan fingerprint density at radius 3 is 2.63 bits per heavy atom. The van der Waals surface area contributed by atoms with Crippen molar-refractivity contribution >= 4 is 17.4 Å². The maximum Gasteiger partial charge on any atom is 0.248 e. The Bertz CT molecular complexity index is 790. The number of fused-ring (bicyclic) bond motifs is 1. The molecule has 2 aliphatic rings. The summed E-state index contributed by atoms with van der Waals surface area (Å²) in [6.45, 7) is 2.48. The van der Waals surface area contributed by atoms with E-state index >= 15 is 0 Å². The Hall–Kier alpha value is -1.79. The highest BCUT2D eigenvalue weighted by Crippen LogP contribution is 2.35. The first kappa shape index (κ1) is 18.6. The summed E-state index contributed by atoms with van der Waals surface area (Å²) >= 11 is 6.15. The lowest BCUT2D eigenvalue weighted by molar-refractivity contribution is -0.0361. The molecule has 4 rings (SSSR count). The van der Waals surface area contributed by atoms with Gasteiger partial charge in [-0.05, 0) is 36.4 Å². The summed E-state index contributed by atoms with van der Waals surface area (Å²) < 4.78 is 26.8. The van der Waals surface area contributed by atoms with Gasteiger partial charge < -0.3 is 5.32 Å². The number of anilines is 1. The van der Waals surface area contributed by atoms with Gasteiger partial charge in [0.15, 0.2) is 0 Å². The lowest BCUT2D eigenvalue weighted by Crippen LogP contribution is -2.34. The lowest BCUT2D eigenvalue weighted by atomic mass is 9.92. The summed E-state index contributed by atoms with van der Waals surface area (Å²) in [5.41, 5.74) is 3.27. The van der Waals surface area contributed by atoms with Crippen molar-refractivity contribution in [1.29, 1.82) is 0 Å². The van der Waals surface area contributed by atoms with Gasteiger partial charge in [-0.1, -0.05) is 30.3 Å². The minimum absolute atomic E-state index is 0.0158. The number of rotatable bonds is 4. The summed E-state index contributed by atoms with van der Waals surface area (Å²) in [6, 6.07) is 10.4. The zero-order valence-corrected chi connectivity index (χ0v) is 15.9. The Kier molecular flexibility index (Phi) is 5.28. The van der Waals surface area contributed by atoms with Crippen molar-refractivity contribution in [2.75, 3.05) is 11.9 Å². The standard InChI is InChI=1S/C20H23ClF2N4/c21-19-25-17-13-27(12-14-4-2-1-3-5-14)11-8-16(17)18(26-19)24-15-6-9-20(22,23)10-7-15/h1-5,15H,6-13H2,(H,24,25,26). The van der Waals surface area contributed by atoms with Crippen LogP contribution in [0, 0.1) is 0 Å². The quantitative estimate of drug-likeness (QED) is 0.767. The predicted molar refractivity (Wildman–Crippen MR) is 102 cm³/mol. The molecule has 27 heavy (non-hydrogen) atoms. The lowest BCUT2D eigenvalue weighted by Gasteiger charge is -2.32. The fourth-order valence-electron chi connectivity index (χ4n) is 3.93. The van der Waals surface area contributed by atoms with Gasteiger partial charge >= 0.3 is 0 Å². The van der Waals surface area contributed by atoms with Crippen LogP contribution in [0.25, 0.3) is 0 Å². The zero-order valence-electron chi connectivity index (χ0n) is 15.1. The van der Waals surface area contributed by atoms with E-state index in [4.69, 9.17) is 11.6 Å². The number of hydrogen-bond donors (Lipinski definition) is 1. The Labute approximate surface area is 163 Å². The van der Waals surface area contributed by atoms with Crippen LogP contribution in [0.5, 0.6) is 0 Å². The smallest absolute Gasteiger partial charge is 0.248 e. The number of halogens is 3. The molecule has 1 aliphatic carbocycles. The summed E-state index contributed by atoms with van der Waals surface area (Å²) in [4.78, 5) is 11.1. The number of alkyl halides is 2. The van der Waals surface area contributed by atoms with Gasteiger partial charge in [-0.15, -0.1) is 0 Å². The van der Waals surface area contributed by atoms with Crippen molar-refractivity contribution in [3.8, 4) is 0 Å². The Morgan fingerprint density at radius 1 is 1.15 bits per heavy atom. The Morgan fingerprint density at radius 2 is 1.89 bits per heavy atom. The number of nitrogens with zero attached hydrogens (tertiary/aromatic N) is 3. The van der Waals surface area contributed by atoms with Crippen LogP contribution >= 0.6 is 11.6 Å². The molecule has 1 N–H and O–H groups in total. The van der Waals surface area contributed by atoms with Crippen LogP contribution in [0.4, 0.5) is 14.6 Å². The third kappa shape index (κ3) is 4.55. The van der Waals surface area contributed by atoms with Crippen LogP contribution in [-0.4, -0.2) is 33.4 Å². The predicted octanol–water partition coefficient (Wildman–Crippen LogP) is 4.68. The molecular formula is C20H23ClF2N4. The van der Waals surface area contributed by atoms with E-state index in [1.54, 1.807) is 0 Å². The molecule has 0 amide bonds. The first-order valence-electron chi connectivity index (χ1n) is 9.44. The third-order valence-electron chi connectivity index (χ3n) is 5.42. The van der Waals surface area contributed by atoms with Crippen molar-refractivity contribution in [2.24, 2.45) is 0 Å². The largest absolute Gasteiger partial charge is 0.367 e. The number of nitrogens with one attached hydrogen (secondary N) is 1. The van der Waals surface area contributed by atoms with Gasteiger partial charge in [-0.25, -0.2) is 18.7 Å². The van der Waals surface area contributed by atoms with Crippen LogP contribution in [-0.2, 0) is 19.5 Å². The fourth-order valence-corrected chi connectivity index (χ4v) is 4.11. The van der Waals surface area contributed by atoms with Gasteiger partial charge in [-0.3, -0.25) is 4.90 Å². The second-order valence-electron chi connectivity index (χ2n) is 7.49. The second kappa shape index (κ2) is 7.68. The summed E-state index contributed by atoms with van der Waals surface area (Å²) in [5, 5.41) is 3.57. The van der Waals surface area contributed by atoms with Crippen molar-refractivity contribution in [2.45, 2.75) is 57.2 Å². The van der Waals surface area contributed by atoms with Gasteiger partial charge in [0.1, 0.15) is 5.82 Å². The average molecular weight is 393 g/mol. The van der Waals surface area contributed by atoms with E-state index in [2.05, 4.69) is 32.3 Å². The van der Waals surface area contributed by atoms with Crippen LogP contribution in [0.15, 0.2) is 30.3 Å². The first-order valence-corrected chi connectivity index (χ1v) is 9.82. The molecule has 0 atom stereocenters. The number of hydrogen-bond acceptors (Lipinski definition) is 4. The summed E-state index contributed by atoms with van der Waals surface area (Å²) in [6.07, 6.45) is 1.57. The molecule has 1 aromatic carbocycles. The maximum absolute atomic E-state index is 13.4. The van der Waals surface area contributed by atoms with Crippen LogP contribution in [0.3, 0.4) is 0 Å². The van der Waals surface area contributed by atoms with Crippen molar-refractivity contribution in [1.82, 2.24) is 14.9 Å². The van der Waals surface area contributed by atoms with Crippen LogP contribution in [0.2, 0.25) is 5.28 Å². The molecule has 4 nitrogen and oxygen atoms in total. The molecule has 2 heterocycles. The molecule has 0 radical (unpaired) electrons. The molecule has 7 heteroatoms. The van der Waals surface area contributed by atoms with E-state index in [1.807, 2.05) is 18.2 Å². The highest BCUT2D eigenvalue weighted by Gasteiger charge is 2.35. The van der Waals surface area contributed by atoms with Crippen LogP contribution < -0.4 is 5.32 Å². The van der Waals surface area contributed by atoms with Crippen LogP contribution in [0.1, 0.15) is 42.5 Å². The Balaban J connectivity index is 1.47. The molecular weight excluding hydrogens is 370 g/mol. The van der Waals surface area contributed by atoms with Gasteiger partial charge in [0, 0.05) is 44.1 Å². The molecule has 0 spiro atoms. The summed E-state index contributed by atoms with van der Waals surface area (Å²) in [7, 11) is 0. The van der Waals surface area contributed by atoms with E-state index < -0.39 is 5.92 Å².